The number of aryl methyl sites for hydroxylation is 1. The highest BCUT2D eigenvalue weighted by molar-refractivity contribution is 5.98. The first-order valence-corrected chi connectivity index (χ1v) is 12.1. The fourth-order valence-corrected chi connectivity index (χ4v) is 4.91. The van der Waals surface area contributed by atoms with Crippen molar-refractivity contribution >= 4 is 28.2 Å². The summed E-state index contributed by atoms with van der Waals surface area (Å²) in [7, 11) is 0. The van der Waals surface area contributed by atoms with E-state index in [1.165, 1.54) is 28.8 Å². The van der Waals surface area contributed by atoms with Crippen molar-refractivity contribution in [1.82, 2.24) is 9.47 Å². The summed E-state index contributed by atoms with van der Waals surface area (Å²) in [6.07, 6.45) is 0. The number of aromatic nitrogens is 1. The molecule has 1 atom stereocenters. The van der Waals surface area contributed by atoms with Gasteiger partial charge in [0.1, 0.15) is 11.5 Å². The van der Waals surface area contributed by atoms with Gasteiger partial charge in [-0.3, -0.25) is 14.2 Å². The number of nitrogens with one attached hydrogen (secondary N) is 1. The Morgan fingerprint density at radius 3 is 2.32 bits per heavy atom. The van der Waals surface area contributed by atoms with Crippen LogP contribution in [0.15, 0.2) is 77.6 Å². The van der Waals surface area contributed by atoms with E-state index < -0.39 is 16.6 Å². The van der Waals surface area contributed by atoms with E-state index in [4.69, 9.17) is 0 Å². The van der Waals surface area contributed by atoms with Crippen molar-refractivity contribution in [3.05, 3.63) is 111 Å². The molecule has 1 saturated heterocycles. The summed E-state index contributed by atoms with van der Waals surface area (Å²) in [5, 5.41) is 22.0. The quantitative estimate of drug-likeness (QED) is 0.410. The molecule has 1 aliphatic rings. The van der Waals surface area contributed by atoms with Crippen LogP contribution in [-0.2, 0) is 6.54 Å². The van der Waals surface area contributed by atoms with Crippen LogP contribution in [0, 0.1) is 17.9 Å². The van der Waals surface area contributed by atoms with E-state index in [9.17, 15) is 24.4 Å². The van der Waals surface area contributed by atoms with E-state index >= 15 is 0 Å². The van der Waals surface area contributed by atoms with Gasteiger partial charge in [0.15, 0.2) is 0 Å². The van der Waals surface area contributed by atoms with E-state index in [-0.39, 0.29) is 18.1 Å². The van der Waals surface area contributed by atoms with Crippen molar-refractivity contribution in [2.24, 2.45) is 0 Å². The van der Waals surface area contributed by atoms with Crippen molar-refractivity contribution in [2.75, 3.05) is 31.1 Å². The Balaban J connectivity index is 1.53. The third kappa shape index (κ3) is 4.84. The first-order chi connectivity index (χ1) is 17.8. The number of fused-ring (bicyclic) bond motifs is 1. The molecule has 8 nitrogen and oxygen atoms in total. The van der Waals surface area contributed by atoms with Gasteiger partial charge in [0.2, 0.25) is 0 Å². The lowest BCUT2D eigenvalue weighted by Crippen LogP contribution is -3.00. The minimum absolute atomic E-state index is 0.211. The summed E-state index contributed by atoms with van der Waals surface area (Å²) in [6.45, 7) is 3.58. The smallest absolute Gasteiger partial charge is 0.318 e. The number of nitrogens with zero attached hydrogens (tertiary/aromatic N) is 3. The van der Waals surface area contributed by atoms with E-state index in [2.05, 4.69) is 0 Å². The fourth-order valence-electron chi connectivity index (χ4n) is 4.91. The average molecular weight is 503 g/mol. The Bertz CT molecular complexity index is 1500. The Hall–Kier alpha value is -4.05. The maximum atomic E-state index is 13.6. The Morgan fingerprint density at radius 1 is 1.00 bits per heavy atom. The molecule has 5 rings (SSSR count). The summed E-state index contributed by atoms with van der Waals surface area (Å²) in [6, 6.07) is 20.5. The van der Waals surface area contributed by atoms with Crippen LogP contribution in [0.2, 0.25) is 0 Å². The summed E-state index contributed by atoms with van der Waals surface area (Å²) < 4.78 is 14.8. The number of quaternary nitrogens is 1. The van der Waals surface area contributed by atoms with Crippen molar-refractivity contribution in [2.45, 2.75) is 13.5 Å². The highest BCUT2D eigenvalue weighted by atomic mass is 19.1. The minimum atomic E-state index is -1.28. The highest BCUT2D eigenvalue weighted by Gasteiger charge is 2.30. The molecular weight excluding hydrogens is 475 g/mol. The molecule has 1 aliphatic heterocycles. The molecule has 2 N–H and O–H groups in total. The lowest BCUT2D eigenvalue weighted by atomic mass is 10.1. The van der Waals surface area contributed by atoms with Crippen LogP contribution < -0.4 is 15.7 Å². The summed E-state index contributed by atoms with van der Waals surface area (Å²) in [5.41, 5.74) is 2.44. The molecule has 0 aliphatic carbocycles. The number of amides is 1. The maximum absolute atomic E-state index is 13.6. The summed E-state index contributed by atoms with van der Waals surface area (Å²) >= 11 is 0. The van der Waals surface area contributed by atoms with Gasteiger partial charge >= 0.3 is 5.56 Å². The molecule has 1 fully saturated rings. The third-order valence-electron chi connectivity index (χ3n) is 6.77. The maximum Gasteiger partial charge on any atom is 0.318 e. The number of piperazine rings is 1. The second-order valence-electron chi connectivity index (χ2n) is 9.21. The molecule has 1 amide bonds. The number of benzene rings is 3. The van der Waals surface area contributed by atoms with Crippen LogP contribution in [0.25, 0.3) is 10.9 Å². The SMILES string of the molecule is Cc1ccc2c(c1)c(N1CCN(C(=O)c3ccc(F)cc3)CC1)c([NH+]([O-])O)c(=O)n2Cc1ccccc1. The molecular formula is C28H27FN4O4. The number of rotatable bonds is 5. The third-order valence-corrected chi connectivity index (χ3v) is 6.77. The number of pyridine rings is 1. The van der Waals surface area contributed by atoms with Crippen LogP contribution >= 0.6 is 0 Å². The first kappa shape index (κ1) is 24.6. The normalized spacial score (nSPS) is 14.7. The van der Waals surface area contributed by atoms with Gasteiger partial charge in [-0.25, -0.2) is 9.60 Å². The molecule has 190 valence electrons. The molecule has 3 aromatic carbocycles. The van der Waals surface area contributed by atoms with Gasteiger partial charge in [-0.05, 0) is 48.9 Å². The van der Waals surface area contributed by atoms with Crippen LogP contribution in [0.5, 0.6) is 0 Å². The number of carbonyl (C=O) groups excluding carboxylic acids is 1. The van der Waals surface area contributed by atoms with Gasteiger partial charge in [-0.1, -0.05) is 42.0 Å². The van der Waals surface area contributed by atoms with E-state index in [0.29, 0.717) is 48.3 Å². The summed E-state index contributed by atoms with van der Waals surface area (Å²) in [5.74, 6) is -0.621. The molecule has 0 spiro atoms. The number of anilines is 1. The standard InChI is InChI=1S/C28H27FN4O4/c1-19-7-12-24-23(17-19)25(26(33(36)37)28(35)32(24)18-20-5-3-2-4-6-20)30-13-15-31(16-14-30)27(34)21-8-10-22(29)11-9-21/h2-12,17,33,36H,13-16,18H2,1H3. The van der Waals surface area contributed by atoms with E-state index in [1.807, 2.05) is 60.4 Å². The zero-order chi connectivity index (χ0) is 26.1. The van der Waals surface area contributed by atoms with Crippen LogP contribution in [0.4, 0.5) is 15.8 Å². The molecule has 0 radical (unpaired) electrons. The zero-order valence-electron chi connectivity index (χ0n) is 20.4. The fraction of sp³-hybridized carbons (Fsp3) is 0.214. The van der Waals surface area contributed by atoms with Gasteiger partial charge in [0, 0.05) is 37.1 Å². The minimum Gasteiger partial charge on any atom is -0.595 e. The highest BCUT2D eigenvalue weighted by Crippen LogP contribution is 2.32. The van der Waals surface area contributed by atoms with Crippen LogP contribution in [-0.4, -0.2) is 46.8 Å². The van der Waals surface area contributed by atoms with Gasteiger partial charge in [-0.15, -0.1) is 0 Å². The van der Waals surface area contributed by atoms with Gasteiger partial charge in [-0.2, -0.15) is 5.23 Å². The number of carbonyl (C=O) groups is 1. The van der Waals surface area contributed by atoms with Gasteiger partial charge < -0.3 is 15.0 Å². The molecule has 2 heterocycles. The van der Waals surface area contributed by atoms with Crippen LogP contribution in [0.3, 0.4) is 0 Å². The molecule has 0 saturated carbocycles. The molecule has 0 bridgehead atoms. The van der Waals surface area contributed by atoms with Crippen molar-refractivity contribution in [3.63, 3.8) is 0 Å². The second kappa shape index (κ2) is 10.1. The van der Waals surface area contributed by atoms with E-state index in [0.717, 1.165) is 11.1 Å². The first-order valence-electron chi connectivity index (χ1n) is 12.1. The predicted octanol–water partition coefficient (Wildman–Crippen LogP) is 2.86. The Labute approximate surface area is 212 Å². The molecule has 37 heavy (non-hydrogen) atoms. The van der Waals surface area contributed by atoms with Gasteiger partial charge in [0.25, 0.3) is 11.6 Å². The molecule has 4 aromatic rings. The lowest BCUT2D eigenvalue weighted by Gasteiger charge is -2.37. The molecule has 1 aromatic heterocycles. The van der Waals surface area contributed by atoms with Crippen molar-refractivity contribution in [1.29, 1.82) is 0 Å². The monoisotopic (exact) mass is 502 g/mol. The van der Waals surface area contributed by atoms with Gasteiger partial charge in [0.05, 0.1) is 12.1 Å². The largest absolute Gasteiger partial charge is 0.595 e. The Kier molecular flexibility index (Phi) is 6.75. The molecule has 9 heteroatoms. The van der Waals surface area contributed by atoms with Crippen LogP contribution in [0.1, 0.15) is 21.5 Å². The summed E-state index contributed by atoms with van der Waals surface area (Å²) in [4.78, 5) is 30.1. The number of hydrogen-bond acceptors (Lipinski definition) is 5. The predicted molar refractivity (Wildman–Crippen MR) is 139 cm³/mol. The lowest BCUT2D eigenvalue weighted by molar-refractivity contribution is -0.991. The number of hydrogen-bond donors (Lipinski definition) is 2. The molecule has 1 unspecified atom stereocenters. The Morgan fingerprint density at radius 2 is 1.68 bits per heavy atom. The van der Waals surface area contributed by atoms with E-state index in [1.54, 1.807) is 4.90 Å². The average Bonchev–Trinajstić information content (AvgIpc) is 2.90. The van der Waals surface area contributed by atoms with Crippen molar-refractivity contribution in [3.8, 4) is 0 Å². The topological polar surface area (TPSA) is 93.3 Å². The second-order valence-corrected chi connectivity index (χ2v) is 9.21. The zero-order valence-corrected chi connectivity index (χ0v) is 20.4. The number of halogens is 1. The van der Waals surface area contributed by atoms with Crippen molar-refractivity contribution < 1.29 is 19.6 Å².